The number of nitrogens with zero attached hydrogens (tertiary/aromatic N) is 1. The molecule has 16 heavy (non-hydrogen) atoms. The van der Waals surface area contributed by atoms with Crippen LogP contribution in [0, 0.1) is 0 Å². The summed E-state index contributed by atoms with van der Waals surface area (Å²) in [5.41, 5.74) is 5.50. The smallest absolute Gasteiger partial charge is 0.0569 e. The van der Waals surface area contributed by atoms with Gasteiger partial charge in [0.05, 0.1) is 11.0 Å². The highest BCUT2D eigenvalue weighted by atomic mass is 14.9. The molecule has 0 fully saturated rings. The molecule has 0 bridgehead atoms. The van der Waals surface area contributed by atoms with Crippen LogP contribution in [0.4, 0.5) is 0 Å². The van der Waals surface area contributed by atoms with E-state index in [2.05, 4.69) is 59.1 Å². The lowest BCUT2D eigenvalue weighted by molar-refractivity contribution is 1.21. The molecule has 0 saturated heterocycles. The van der Waals surface area contributed by atoms with Crippen LogP contribution in [0.2, 0.25) is 0 Å². The summed E-state index contributed by atoms with van der Waals surface area (Å²) in [5.74, 6) is 0. The Kier molecular flexibility index (Phi) is 1.41. The summed E-state index contributed by atoms with van der Waals surface area (Å²) in [6.07, 6.45) is 7.68. The molecule has 1 aliphatic rings. The lowest BCUT2D eigenvalue weighted by Crippen LogP contribution is -1.92. The summed E-state index contributed by atoms with van der Waals surface area (Å²) in [4.78, 5) is 0. The fourth-order valence-electron chi connectivity index (χ4n) is 2.76. The van der Waals surface area contributed by atoms with Crippen molar-refractivity contribution in [2.75, 3.05) is 0 Å². The Morgan fingerprint density at radius 2 is 1.94 bits per heavy atom. The molecule has 0 amide bonds. The Hall–Kier alpha value is -2.02. The standard InChI is InChI=1S/C15H11N/c1-2-9-14-12(7-1)13-8-3-5-11-6-4-10-16(14)15(11)13/h1-7,9-10H,8H2. The van der Waals surface area contributed by atoms with Crippen molar-refractivity contribution >= 4 is 22.5 Å². The second-order valence-electron chi connectivity index (χ2n) is 4.28. The fraction of sp³-hybridized carbons (Fsp3) is 0.0667. The van der Waals surface area contributed by atoms with Crippen LogP contribution in [-0.4, -0.2) is 4.40 Å². The van der Waals surface area contributed by atoms with E-state index in [4.69, 9.17) is 0 Å². The predicted octanol–water partition coefficient (Wildman–Crippen LogP) is 3.66. The second kappa shape index (κ2) is 2.76. The first kappa shape index (κ1) is 8.17. The number of pyridine rings is 1. The van der Waals surface area contributed by atoms with Gasteiger partial charge < -0.3 is 4.40 Å². The van der Waals surface area contributed by atoms with Crippen LogP contribution in [0.5, 0.6) is 0 Å². The summed E-state index contributed by atoms with van der Waals surface area (Å²) in [7, 11) is 0. The zero-order chi connectivity index (χ0) is 10.5. The first-order valence-electron chi connectivity index (χ1n) is 5.62. The number of hydrogen-bond donors (Lipinski definition) is 0. The van der Waals surface area contributed by atoms with Crippen LogP contribution in [0.3, 0.4) is 0 Å². The molecule has 1 aromatic carbocycles. The van der Waals surface area contributed by atoms with Gasteiger partial charge in [0.1, 0.15) is 0 Å². The summed E-state index contributed by atoms with van der Waals surface area (Å²) < 4.78 is 2.31. The SMILES string of the molecule is C1=Cc2cccn3c2c(c2ccccc23)C1. The van der Waals surface area contributed by atoms with Crippen LogP contribution >= 0.6 is 0 Å². The highest BCUT2D eigenvalue weighted by Crippen LogP contribution is 2.32. The van der Waals surface area contributed by atoms with Crippen molar-refractivity contribution < 1.29 is 0 Å². The summed E-state index contributed by atoms with van der Waals surface area (Å²) in [6.45, 7) is 0. The van der Waals surface area contributed by atoms with Crippen LogP contribution in [0.25, 0.3) is 22.5 Å². The average molecular weight is 205 g/mol. The number of allylic oxidation sites excluding steroid dienone is 1. The summed E-state index contributed by atoms with van der Waals surface area (Å²) in [5, 5.41) is 1.39. The van der Waals surface area contributed by atoms with Gasteiger partial charge in [0, 0.05) is 11.6 Å². The van der Waals surface area contributed by atoms with Gasteiger partial charge >= 0.3 is 0 Å². The second-order valence-corrected chi connectivity index (χ2v) is 4.28. The van der Waals surface area contributed by atoms with E-state index in [9.17, 15) is 0 Å². The highest BCUT2D eigenvalue weighted by molar-refractivity contribution is 5.96. The highest BCUT2D eigenvalue weighted by Gasteiger charge is 2.14. The Labute approximate surface area is 93.6 Å². The fourth-order valence-corrected chi connectivity index (χ4v) is 2.76. The quantitative estimate of drug-likeness (QED) is 0.527. The number of para-hydroxylation sites is 1. The largest absolute Gasteiger partial charge is 0.316 e. The van der Waals surface area contributed by atoms with Gasteiger partial charge in [0.2, 0.25) is 0 Å². The predicted molar refractivity (Wildman–Crippen MR) is 67.6 cm³/mol. The van der Waals surface area contributed by atoms with Crippen molar-refractivity contribution in [1.29, 1.82) is 0 Å². The van der Waals surface area contributed by atoms with Gasteiger partial charge in [0.25, 0.3) is 0 Å². The van der Waals surface area contributed by atoms with Gasteiger partial charge in [-0.2, -0.15) is 0 Å². The van der Waals surface area contributed by atoms with E-state index < -0.39 is 0 Å². The third-order valence-corrected chi connectivity index (χ3v) is 3.42. The molecule has 0 atom stereocenters. The van der Waals surface area contributed by atoms with E-state index in [0.29, 0.717) is 0 Å². The molecule has 0 aliphatic heterocycles. The van der Waals surface area contributed by atoms with Gasteiger partial charge in [-0.15, -0.1) is 0 Å². The van der Waals surface area contributed by atoms with Crippen molar-refractivity contribution in [2.24, 2.45) is 0 Å². The van der Waals surface area contributed by atoms with Crippen molar-refractivity contribution in [2.45, 2.75) is 6.42 Å². The Morgan fingerprint density at radius 1 is 1.00 bits per heavy atom. The first-order chi connectivity index (χ1) is 7.95. The monoisotopic (exact) mass is 205 g/mol. The molecule has 76 valence electrons. The molecule has 0 N–H and O–H groups in total. The van der Waals surface area contributed by atoms with E-state index in [1.165, 1.54) is 27.5 Å². The number of hydrogen-bond acceptors (Lipinski definition) is 0. The molecule has 4 rings (SSSR count). The normalized spacial score (nSPS) is 13.8. The van der Waals surface area contributed by atoms with E-state index in [0.717, 1.165) is 6.42 Å². The minimum Gasteiger partial charge on any atom is -0.316 e. The van der Waals surface area contributed by atoms with Crippen LogP contribution in [0.15, 0.2) is 48.7 Å². The van der Waals surface area contributed by atoms with Crippen LogP contribution < -0.4 is 0 Å². The van der Waals surface area contributed by atoms with Crippen molar-refractivity contribution in [3.63, 3.8) is 0 Å². The zero-order valence-corrected chi connectivity index (χ0v) is 8.85. The molecule has 2 heterocycles. The molecule has 1 aliphatic carbocycles. The van der Waals surface area contributed by atoms with E-state index in [1.807, 2.05) is 0 Å². The van der Waals surface area contributed by atoms with Crippen LogP contribution in [0.1, 0.15) is 11.1 Å². The topological polar surface area (TPSA) is 4.41 Å². The minimum absolute atomic E-state index is 1.05. The number of benzene rings is 1. The molecule has 0 radical (unpaired) electrons. The molecule has 0 unspecified atom stereocenters. The third-order valence-electron chi connectivity index (χ3n) is 3.42. The number of aromatic nitrogens is 1. The van der Waals surface area contributed by atoms with Gasteiger partial charge in [-0.3, -0.25) is 0 Å². The third kappa shape index (κ3) is 0.860. The molecule has 0 spiro atoms. The van der Waals surface area contributed by atoms with Crippen LogP contribution in [-0.2, 0) is 6.42 Å². The zero-order valence-electron chi connectivity index (χ0n) is 8.85. The minimum atomic E-state index is 1.05. The number of rotatable bonds is 0. The van der Waals surface area contributed by atoms with Gasteiger partial charge in [-0.25, -0.2) is 0 Å². The molecule has 0 saturated carbocycles. The maximum absolute atomic E-state index is 2.31. The van der Waals surface area contributed by atoms with Gasteiger partial charge in [0.15, 0.2) is 0 Å². The van der Waals surface area contributed by atoms with E-state index in [-0.39, 0.29) is 0 Å². The van der Waals surface area contributed by atoms with Crippen molar-refractivity contribution in [3.8, 4) is 0 Å². The van der Waals surface area contributed by atoms with Crippen molar-refractivity contribution in [1.82, 2.24) is 4.40 Å². The van der Waals surface area contributed by atoms with E-state index >= 15 is 0 Å². The Morgan fingerprint density at radius 3 is 2.94 bits per heavy atom. The lowest BCUT2D eigenvalue weighted by Gasteiger charge is -2.07. The number of fused-ring (bicyclic) bond motifs is 3. The molecule has 2 aromatic heterocycles. The summed E-state index contributed by atoms with van der Waals surface area (Å²) >= 11 is 0. The average Bonchev–Trinajstić information content (AvgIpc) is 2.68. The molecular formula is C15H11N. The first-order valence-corrected chi connectivity index (χ1v) is 5.62. The lowest BCUT2D eigenvalue weighted by atomic mass is 10.0. The van der Waals surface area contributed by atoms with E-state index in [1.54, 1.807) is 0 Å². The summed E-state index contributed by atoms with van der Waals surface area (Å²) in [6, 6.07) is 13.0. The maximum Gasteiger partial charge on any atom is 0.0569 e. The molecule has 1 nitrogen and oxygen atoms in total. The maximum atomic E-state index is 2.31. The van der Waals surface area contributed by atoms with Gasteiger partial charge in [-0.05, 0) is 29.7 Å². The Bertz CT molecular complexity index is 732. The van der Waals surface area contributed by atoms with Gasteiger partial charge in [-0.1, -0.05) is 36.4 Å². The van der Waals surface area contributed by atoms with Crippen molar-refractivity contribution in [3.05, 3.63) is 59.8 Å². The molecule has 1 heteroatoms. The Balaban J connectivity index is 2.39. The molecule has 3 aromatic rings. The molecular weight excluding hydrogens is 194 g/mol.